The van der Waals surface area contributed by atoms with Crippen LogP contribution >= 0.6 is 0 Å². The van der Waals surface area contributed by atoms with Crippen molar-refractivity contribution in [3.8, 4) is 0 Å². The molecule has 0 amide bonds. The van der Waals surface area contributed by atoms with E-state index in [9.17, 15) is 4.79 Å². The minimum atomic E-state index is 0.289. The second kappa shape index (κ2) is 2.72. The second-order valence-corrected chi connectivity index (χ2v) is 4.24. The normalized spacial score (nSPS) is 35.7. The topological polar surface area (TPSA) is 17.1 Å². The van der Waals surface area contributed by atoms with Gasteiger partial charge in [0.15, 0.2) is 5.78 Å². The number of rotatable bonds is 0. The van der Waals surface area contributed by atoms with Gasteiger partial charge in [-0.15, -0.1) is 0 Å². The van der Waals surface area contributed by atoms with Crippen LogP contribution < -0.4 is 0 Å². The monoisotopic (exact) mass is 164 g/mol. The van der Waals surface area contributed by atoms with E-state index in [0.717, 1.165) is 17.9 Å². The lowest BCUT2D eigenvalue weighted by Gasteiger charge is -2.25. The van der Waals surface area contributed by atoms with E-state index >= 15 is 0 Å². The zero-order chi connectivity index (χ0) is 8.72. The standard InChI is InChI=1S/C11H16O/c1-7-6-9-4-3-5-10(9)8(2)11(7)12/h7,9H,3-6H2,1-2H3/t7?,9-/m0/s1. The van der Waals surface area contributed by atoms with E-state index in [1.54, 1.807) is 0 Å². The number of carbonyl (C=O) groups is 1. The van der Waals surface area contributed by atoms with Crippen molar-refractivity contribution in [3.05, 3.63) is 11.1 Å². The second-order valence-electron chi connectivity index (χ2n) is 4.24. The van der Waals surface area contributed by atoms with Crippen LogP contribution in [-0.2, 0) is 4.79 Å². The van der Waals surface area contributed by atoms with Gasteiger partial charge in [0.2, 0.25) is 0 Å². The first-order chi connectivity index (χ1) is 5.70. The minimum absolute atomic E-state index is 0.289. The third-order valence-corrected chi connectivity index (χ3v) is 3.43. The van der Waals surface area contributed by atoms with E-state index in [2.05, 4.69) is 6.92 Å². The molecule has 0 spiro atoms. The molecule has 0 bridgehead atoms. The van der Waals surface area contributed by atoms with Gasteiger partial charge in [-0.05, 0) is 44.1 Å². The molecule has 0 radical (unpaired) electrons. The van der Waals surface area contributed by atoms with Crippen LogP contribution in [0.15, 0.2) is 11.1 Å². The molecular formula is C11H16O. The maximum atomic E-state index is 11.6. The van der Waals surface area contributed by atoms with Crippen molar-refractivity contribution in [2.45, 2.75) is 39.5 Å². The average Bonchev–Trinajstić information content (AvgIpc) is 2.48. The fourth-order valence-electron chi connectivity index (χ4n) is 2.73. The van der Waals surface area contributed by atoms with E-state index in [4.69, 9.17) is 0 Å². The van der Waals surface area contributed by atoms with Crippen molar-refractivity contribution in [1.82, 2.24) is 0 Å². The van der Waals surface area contributed by atoms with Crippen LogP contribution in [0.3, 0.4) is 0 Å². The van der Waals surface area contributed by atoms with E-state index in [0.29, 0.717) is 5.78 Å². The molecule has 0 aromatic heterocycles. The number of hydrogen-bond acceptors (Lipinski definition) is 1. The quantitative estimate of drug-likeness (QED) is 0.538. The van der Waals surface area contributed by atoms with Crippen molar-refractivity contribution in [1.29, 1.82) is 0 Å². The van der Waals surface area contributed by atoms with E-state index < -0.39 is 0 Å². The van der Waals surface area contributed by atoms with Crippen molar-refractivity contribution in [3.63, 3.8) is 0 Å². The van der Waals surface area contributed by atoms with Gasteiger partial charge < -0.3 is 0 Å². The highest BCUT2D eigenvalue weighted by atomic mass is 16.1. The summed E-state index contributed by atoms with van der Waals surface area (Å²) >= 11 is 0. The van der Waals surface area contributed by atoms with E-state index in [1.807, 2.05) is 6.92 Å². The van der Waals surface area contributed by atoms with Gasteiger partial charge in [0.1, 0.15) is 0 Å². The first kappa shape index (κ1) is 8.03. The first-order valence-corrected chi connectivity index (χ1v) is 4.94. The SMILES string of the molecule is CC1=C2CCC[C@H]2CC(C)C1=O. The summed E-state index contributed by atoms with van der Waals surface area (Å²) < 4.78 is 0. The lowest BCUT2D eigenvalue weighted by Crippen LogP contribution is -2.23. The molecule has 2 rings (SSSR count). The largest absolute Gasteiger partial charge is 0.294 e. The smallest absolute Gasteiger partial charge is 0.161 e. The summed E-state index contributed by atoms with van der Waals surface area (Å²) in [4.78, 5) is 11.6. The molecule has 0 aromatic rings. The summed E-state index contributed by atoms with van der Waals surface area (Å²) in [6, 6.07) is 0. The van der Waals surface area contributed by atoms with Gasteiger partial charge in [-0.25, -0.2) is 0 Å². The molecule has 1 fully saturated rings. The Morgan fingerprint density at radius 2 is 2.17 bits per heavy atom. The number of carbonyl (C=O) groups excluding carboxylic acids is 1. The van der Waals surface area contributed by atoms with Crippen LogP contribution in [0.5, 0.6) is 0 Å². The Balaban J connectivity index is 2.36. The predicted molar refractivity (Wildman–Crippen MR) is 48.8 cm³/mol. The Morgan fingerprint density at radius 3 is 2.92 bits per heavy atom. The molecule has 0 N–H and O–H groups in total. The van der Waals surface area contributed by atoms with Crippen molar-refractivity contribution < 1.29 is 4.79 Å². The molecule has 1 heteroatoms. The first-order valence-electron chi connectivity index (χ1n) is 4.94. The van der Waals surface area contributed by atoms with Crippen LogP contribution in [0.4, 0.5) is 0 Å². The van der Waals surface area contributed by atoms with Crippen LogP contribution in [0.1, 0.15) is 39.5 Å². The van der Waals surface area contributed by atoms with Gasteiger partial charge in [0.25, 0.3) is 0 Å². The van der Waals surface area contributed by atoms with Gasteiger partial charge >= 0.3 is 0 Å². The molecule has 66 valence electrons. The molecule has 1 nitrogen and oxygen atoms in total. The Labute approximate surface area is 73.8 Å². The zero-order valence-corrected chi connectivity index (χ0v) is 7.89. The zero-order valence-electron chi connectivity index (χ0n) is 7.89. The Kier molecular flexibility index (Phi) is 1.82. The Hall–Kier alpha value is -0.590. The summed E-state index contributed by atoms with van der Waals surface area (Å²) in [5, 5.41) is 0. The summed E-state index contributed by atoms with van der Waals surface area (Å²) in [7, 11) is 0. The summed E-state index contributed by atoms with van der Waals surface area (Å²) in [5.74, 6) is 1.46. The fourth-order valence-corrected chi connectivity index (χ4v) is 2.73. The molecule has 2 aliphatic carbocycles. The molecule has 1 unspecified atom stereocenters. The molecule has 1 saturated carbocycles. The molecule has 0 heterocycles. The Morgan fingerprint density at radius 1 is 1.42 bits per heavy atom. The van der Waals surface area contributed by atoms with Gasteiger partial charge in [-0.3, -0.25) is 4.79 Å². The summed E-state index contributed by atoms with van der Waals surface area (Å²) in [5.41, 5.74) is 2.58. The van der Waals surface area contributed by atoms with Gasteiger partial charge in [-0.2, -0.15) is 0 Å². The van der Waals surface area contributed by atoms with Crippen LogP contribution in [0.25, 0.3) is 0 Å². The maximum Gasteiger partial charge on any atom is 0.161 e. The van der Waals surface area contributed by atoms with Crippen molar-refractivity contribution in [2.24, 2.45) is 11.8 Å². The van der Waals surface area contributed by atoms with Crippen LogP contribution in [0.2, 0.25) is 0 Å². The average molecular weight is 164 g/mol. The lowest BCUT2D eigenvalue weighted by atomic mass is 9.79. The number of hydrogen-bond donors (Lipinski definition) is 0. The number of Topliss-reactive ketones (excluding diaryl/α,β-unsaturated/α-hetero) is 1. The molecule has 2 atom stereocenters. The molecule has 12 heavy (non-hydrogen) atoms. The van der Waals surface area contributed by atoms with Gasteiger partial charge in [0.05, 0.1) is 0 Å². The summed E-state index contributed by atoms with van der Waals surface area (Å²) in [6.07, 6.45) is 4.93. The lowest BCUT2D eigenvalue weighted by molar-refractivity contribution is -0.119. The Bertz CT molecular complexity index is 250. The van der Waals surface area contributed by atoms with E-state index in [-0.39, 0.29) is 5.92 Å². The van der Waals surface area contributed by atoms with Gasteiger partial charge in [0, 0.05) is 5.92 Å². The highest BCUT2D eigenvalue weighted by Gasteiger charge is 2.33. The highest BCUT2D eigenvalue weighted by molar-refractivity contribution is 5.98. The third-order valence-electron chi connectivity index (χ3n) is 3.43. The molecule has 0 saturated heterocycles. The van der Waals surface area contributed by atoms with E-state index in [1.165, 1.54) is 24.8 Å². The predicted octanol–water partition coefficient (Wildman–Crippen LogP) is 2.71. The van der Waals surface area contributed by atoms with Crippen LogP contribution in [0, 0.1) is 11.8 Å². The fraction of sp³-hybridized carbons (Fsp3) is 0.727. The molecule has 0 aliphatic heterocycles. The highest BCUT2D eigenvalue weighted by Crippen LogP contribution is 2.41. The third kappa shape index (κ3) is 1.03. The summed E-state index contributed by atoms with van der Waals surface area (Å²) in [6.45, 7) is 4.09. The van der Waals surface area contributed by atoms with Crippen LogP contribution in [-0.4, -0.2) is 5.78 Å². The number of ketones is 1. The number of allylic oxidation sites excluding steroid dienone is 2. The minimum Gasteiger partial charge on any atom is -0.294 e. The van der Waals surface area contributed by atoms with Crippen molar-refractivity contribution >= 4 is 5.78 Å². The maximum absolute atomic E-state index is 11.6. The van der Waals surface area contributed by atoms with Crippen molar-refractivity contribution in [2.75, 3.05) is 0 Å². The van der Waals surface area contributed by atoms with Gasteiger partial charge in [-0.1, -0.05) is 12.5 Å². The number of fused-ring (bicyclic) bond motifs is 1. The molecule has 2 aliphatic rings. The molecular weight excluding hydrogens is 148 g/mol. The molecule has 0 aromatic carbocycles.